The third kappa shape index (κ3) is 5.94. The predicted molar refractivity (Wildman–Crippen MR) is 121 cm³/mol. The van der Waals surface area contributed by atoms with Crippen molar-refractivity contribution in [3.63, 3.8) is 0 Å². The van der Waals surface area contributed by atoms with Crippen molar-refractivity contribution < 1.29 is 23.2 Å². The molecule has 176 valence electrons. The van der Waals surface area contributed by atoms with Crippen LogP contribution in [0.15, 0.2) is 48.5 Å². The van der Waals surface area contributed by atoms with Gasteiger partial charge < -0.3 is 15.5 Å². The Kier molecular flexibility index (Phi) is 8.14. The number of hydrogen-bond donors (Lipinski definition) is 2. The first-order chi connectivity index (χ1) is 15.8. The Bertz CT molecular complexity index is 1010. The molecule has 0 aromatic heterocycles. The first-order valence-corrected chi connectivity index (χ1v) is 11.2. The summed E-state index contributed by atoms with van der Waals surface area (Å²) in [4.78, 5) is 40.0. The van der Waals surface area contributed by atoms with Crippen molar-refractivity contribution >= 4 is 17.7 Å². The summed E-state index contributed by atoms with van der Waals surface area (Å²) in [6.07, 6.45) is 1.60. The van der Waals surface area contributed by atoms with E-state index in [2.05, 4.69) is 10.6 Å². The van der Waals surface area contributed by atoms with Crippen LogP contribution in [-0.4, -0.2) is 47.8 Å². The van der Waals surface area contributed by atoms with E-state index in [1.807, 2.05) is 13.8 Å². The molecule has 2 aromatic carbocycles. The zero-order chi connectivity index (χ0) is 24.0. The van der Waals surface area contributed by atoms with Gasteiger partial charge in [0.1, 0.15) is 17.7 Å². The Labute approximate surface area is 192 Å². The molecular weight excluding hydrogens is 428 g/mol. The summed E-state index contributed by atoms with van der Waals surface area (Å²) in [6, 6.07) is 10.5. The van der Waals surface area contributed by atoms with Gasteiger partial charge in [0.25, 0.3) is 11.8 Å². The van der Waals surface area contributed by atoms with E-state index in [0.29, 0.717) is 25.9 Å². The van der Waals surface area contributed by atoms with Crippen LogP contribution >= 0.6 is 0 Å². The fraction of sp³-hybridized carbons (Fsp3) is 0.400. The normalized spacial score (nSPS) is 16.1. The molecule has 2 atom stereocenters. The molecule has 8 heteroatoms. The maximum Gasteiger partial charge on any atom is 0.256 e. The second kappa shape index (κ2) is 11.0. The number of rotatable bonds is 7. The van der Waals surface area contributed by atoms with Gasteiger partial charge in [0, 0.05) is 19.1 Å². The van der Waals surface area contributed by atoms with E-state index < -0.39 is 29.5 Å². The number of nitrogens with one attached hydrogen (secondary N) is 2. The molecule has 0 spiro atoms. The van der Waals surface area contributed by atoms with Crippen LogP contribution < -0.4 is 10.6 Å². The van der Waals surface area contributed by atoms with Crippen molar-refractivity contribution in [3.05, 3.63) is 71.3 Å². The van der Waals surface area contributed by atoms with E-state index in [1.54, 1.807) is 17.0 Å². The molecule has 0 bridgehead atoms. The Balaban J connectivity index is 1.72. The molecule has 2 N–H and O–H groups in total. The van der Waals surface area contributed by atoms with E-state index in [-0.39, 0.29) is 29.0 Å². The molecule has 6 nitrogen and oxygen atoms in total. The molecule has 3 amide bonds. The molecule has 1 heterocycles. The lowest BCUT2D eigenvalue weighted by molar-refractivity contribution is -0.125. The van der Waals surface area contributed by atoms with Crippen molar-refractivity contribution in [2.45, 2.75) is 45.2 Å². The van der Waals surface area contributed by atoms with Crippen LogP contribution in [0.3, 0.4) is 0 Å². The number of carbonyl (C=O) groups excluding carboxylic acids is 3. The number of piperidine rings is 1. The minimum Gasteiger partial charge on any atom is -0.352 e. The van der Waals surface area contributed by atoms with Crippen LogP contribution in [0, 0.1) is 17.6 Å². The standard InChI is InChI=1S/C25H29F2N3O3/c1-3-16(2)28-24(32)22(29-23(31)18-8-4-6-10-20(18)26)17-12-14-30(15-13-17)25(33)19-9-5-7-11-21(19)27/h4-11,16-17,22H,3,12-15H2,1-2H3,(H,28,32)(H,29,31)/t16-,22-/m1/s1. The lowest BCUT2D eigenvalue weighted by Crippen LogP contribution is -2.55. The van der Waals surface area contributed by atoms with Gasteiger partial charge in [-0.1, -0.05) is 31.2 Å². The second-order valence-electron chi connectivity index (χ2n) is 8.36. The number of benzene rings is 2. The Morgan fingerprint density at radius 1 is 0.939 bits per heavy atom. The molecule has 1 fully saturated rings. The van der Waals surface area contributed by atoms with Gasteiger partial charge in [-0.15, -0.1) is 0 Å². The number of amides is 3. The Morgan fingerprint density at radius 3 is 2.03 bits per heavy atom. The van der Waals surface area contributed by atoms with E-state index in [0.717, 1.165) is 6.42 Å². The molecule has 0 aliphatic carbocycles. The Morgan fingerprint density at radius 2 is 1.48 bits per heavy atom. The third-order valence-electron chi connectivity index (χ3n) is 6.09. The molecule has 3 rings (SSSR count). The van der Waals surface area contributed by atoms with Gasteiger partial charge in [0.2, 0.25) is 5.91 Å². The van der Waals surface area contributed by atoms with Crippen LogP contribution in [0.1, 0.15) is 53.8 Å². The highest BCUT2D eigenvalue weighted by Crippen LogP contribution is 2.24. The van der Waals surface area contributed by atoms with E-state index >= 15 is 0 Å². The lowest BCUT2D eigenvalue weighted by atomic mass is 9.88. The van der Waals surface area contributed by atoms with E-state index in [4.69, 9.17) is 0 Å². The maximum absolute atomic E-state index is 14.1. The number of nitrogens with zero attached hydrogens (tertiary/aromatic N) is 1. The van der Waals surface area contributed by atoms with Crippen molar-refractivity contribution in [2.24, 2.45) is 5.92 Å². The van der Waals surface area contributed by atoms with Crippen molar-refractivity contribution in [2.75, 3.05) is 13.1 Å². The van der Waals surface area contributed by atoms with Gasteiger partial charge in [-0.2, -0.15) is 0 Å². The highest BCUT2D eigenvalue weighted by atomic mass is 19.1. The SMILES string of the molecule is CC[C@@H](C)NC(=O)[C@H](NC(=O)c1ccccc1F)C1CCN(C(=O)c2ccccc2F)CC1. The number of carbonyl (C=O) groups is 3. The molecule has 1 saturated heterocycles. The van der Waals surface area contributed by atoms with Gasteiger partial charge in [0.05, 0.1) is 11.1 Å². The fourth-order valence-electron chi connectivity index (χ4n) is 3.94. The molecule has 1 aliphatic rings. The first kappa shape index (κ1) is 24.4. The Hall–Kier alpha value is -3.29. The maximum atomic E-state index is 14.1. The number of hydrogen-bond acceptors (Lipinski definition) is 3. The molecular formula is C25H29F2N3O3. The average molecular weight is 458 g/mol. The highest BCUT2D eigenvalue weighted by Gasteiger charge is 2.35. The summed E-state index contributed by atoms with van der Waals surface area (Å²) >= 11 is 0. The second-order valence-corrected chi connectivity index (χ2v) is 8.36. The molecule has 0 radical (unpaired) electrons. The smallest absolute Gasteiger partial charge is 0.256 e. The van der Waals surface area contributed by atoms with Crippen molar-refractivity contribution in [3.8, 4) is 0 Å². The van der Waals surface area contributed by atoms with Gasteiger partial charge in [-0.3, -0.25) is 14.4 Å². The van der Waals surface area contributed by atoms with Crippen molar-refractivity contribution in [1.29, 1.82) is 0 Å². The van der Waals surface area contributed by atoms with Crippen LogP contribution in [-0.2, 0) is 4.79 Å². The largest absolute Gasteiger partial charge is 0.352 e. The summed E-state index contributed by atoms with van der Waals surface area (Å²) in [5.74, 6) is -2.90. The summed E-state index contributed by atoms with van der Waals surface area (Å²) in [6.45, 7) is 4.44. The summed E-state index contributed by atoms with van der Waals surface area (Å²) in [5, 5.41) is 5.59. The molecule has 0 unspecified atom stereocenters. The van der Waals surface area contributed by atoms with Crippen LogP contribution in [0.4, 0.5) is 8.78 Å². The van der Waals surface area contributed by atoms with Crippen LogP contribution in [0.5, 0.6) is 0 Å². The van der Waals surface area contributed by atoms with Crippen molar-refractivity contribution in [1.82, 2.24) is 15.5 Å². The molecule has 33 heavy (non-hydrogen) atoms. The monoisotopic (exact) mass is 457 g/mol. The van der Waals surface area contributed by atoms with Crippen LogP contribution in [0.25, 0.3) is 0 Å². The zero-order valence-corrected chi connectivity index (χ0v) is 18.8. The van der Waals surface area contributed by atoms with Crippen LogP contribution in [0.2, 0.25) is 0 Å². The van der Waals surface area contributed by atoms with Gasteiger partial charge in [0.15, 0.2) is 0 Å². The minimum absolute atomic E-state index is 0.00914. The fourth-order valence-corrected chi connectivity index (χ4v) is 3.94. The predicted octanol–water partition coefficient (Wildman–Crippen LogP) is 3.53. The average Bonchev–Trinajstić information content (AvgIpc) is 2.82. The zero-order valence-electron chi connectivity index (χ0n) is 18.8. The third-order valence-corrected chi connectivity index (χ3v) is 6.09. The van der Waals surface area contributed by atoms with E-state index in [9.17, 15) is 23.2 Å². The number of halogens is 2. The van der Waals surface area contributed by atoms with Gasteiger partial charge in [-0.25, -0.2) is 8.78 Å². The quantitative estimate of drug-likeness (QED) is 0.668. The molecule has 2 aromatic rings. The summed E-state index contributed by atoms with van der Waals surface area (Å²) in [5.41, 5.74) is -0.124. The highest BCUT2D eigenvalue weighted by molar-refractivity contribution is 5.98. The summed E-state index contributed by atoms with van der Waals surface area (Å²) in [7, 11) is 0. The topological polar surface area (TPSA) is 78.5 Å². The first-order valence-electron chi connectivity index (χ1n) is 11.2. The minimum atomic E-state index is -0.878. The summed E-state index contributed by atoms with van der Waals surface area (Å²) < 4.78 is 28.1. The van der Waals surface area contributed by atoms with Gasteiger partial charge >= 0.3 is 0 Å². The molecule has 0 saturated carbocycles. The van der Waals surface area contributed by atoms with E-state index in [1.165, 1.54) is 36.4 Å². The number of likely N-dealkylation sites (tertiary alicyclic amines) is 1. The molecule has 1 aliphatic heterocycles. The lowest BCUT2D eigenvalue weighted by Gasteiger charge is -2.36. The van der Waals surface area contributed by atoms with Gasteiger partial charge in [-0.05, 0) is 56.4 Å².